The van der Waals surface area contributed by atoms with E-state index >= 15 is 0 Å². The number of ether oxygens (including phenoxy) is 2. The fourth-order valence-electron chi connectivity index (χ4n) is 3.89. The minimum absolute atomic E-state index is 0.260. The maximum atomic E-state index is 13.5. The van der Waals surface area contributed by atoms with Crippen LogP contribution in [0.15, 0.2) is 72.8 Å². The highest BCUT2D eigenvalue weighted by Crippen LogP contribution is 2.34. The average Bonchev–Trinajstić information content (AvgIpc) is 2.89. The number of anilines is 3. The Bertz CT molecular complexity index is 1290. The van der Waals surface area contributed by atoms with Crippen molar-refractivity contribution in [3.8, 4) is 5.75 Å². The summed E-state index contributed by atoms with van der Waals surface area (Å²) in [5.41, 5.74) is 2.12. The molecule has 0 radical (unpaired) electrons. The summed E-state index contributed by atoms with van der Waals surface area (Å²) in [5.74, 6) is -1.22. The molecule has 36 heavy (non-hydrogen) atoms. The van der Waals surface area contributed by atoms with Crippen LogP contribution < -0.4 is 20.3 Å². The van der Waals surface area contributed by atoms with Crippen LogP contribution in [0.4, 0.5) is 17.1 Å². The van der Waals surface area contributed by atoms with Gasteiger partial charge in [0.25, 0.3) is 5.91 Å². The summed E-state index contributed by atoms with van der Waals surface area (Å²) in [6.45, 7) is 1.98. The van der Waals surface area contributed by atoms with Crippen LogP contribution in [0.5, 0.6) is 5.75 Å². The molecule has 3 amide bonds. The number of hydrogen-bond acceptors (Lipinski definition) is 6. The van der Waals surface area contributed by atoms with Crippen molar-refractivity contribution in [1.29, 1.82) is 0 Å². The molecule has 1 heterocycles. The smallest absolute Gasteiger partial charge is 0.338 e. The second-order valence-electron chi connectivity index (χ2n) is 7.98. The summed E-state index contributed by atoms with van der Waals surface area (Å²) in [6.07, 6.45) is -0.276. The summed E-state index contributed by atoms with van der Waals surface area (Å²) < 4.78 is 10.1. The number of methoxy groups -OCH3 is 1. The molecule has 0 aromatic heterocycles. The van der Waals surface area contributed by atoms with Crippen molar-refractivity contribution in [1.82, 2.24) is 0 Å². The highest BCUT2D eigenvalue weighted by molar-refractivity contribution is 6.17. The van der Waals surface area contributed by atoms with Gasteiger partial charge in [-0.3, -0.25) is 19.3 Å². The molecular weight excluding hydrogens is 462 g/mol. The second-order valence-corrected chi connectivity index (χ2v) is 7.98. The van der Waals surface area contributed by atoms with Crippen molar-refractivity contribution in [3.63, 3.8) is 0 Å². The lowest BCUT2D eigenvalue weighted by atomic mass is 10.0. The van der Waals surface area contributed by atoms with Gasteiger partial charge in [0.15, 0.2) is 0 Å². The SMILES string of the molecule is CCOC(=O)c1ccc(NC(=O)CC2C(=O)Nc3ccccc3N2C(=O)c2ccc(OC)cc2)cc1. The lowest BCUT2D eigenvalue weighted by molar-refractivity contribution is -0.122. The van der Waals surface area contributed by atoms with Crippen molar-refractivity contribution in [3.05, 3.63) is 83.9 Å². The number of carbonyl (C=O) groups excluding carboxylic acids is 4. The zero-order valence-corrected chi connectivity index (χ0v) is 19.8. The lowest BCUT2D eigenvalue weighted by Crippen LogP contribution is -2.52. The van der Waals surface area contributed by atoms with Gasteiger partial charge in [-0.25, -0.2) is 4.79 Å². The molecule has 2 N–H and O–H groups in total. The molecule has 1 aliphatic rings. The van der Waals surface area contributed by atoms with Crippen molar-refractivity contribution < 1.29 is 28.7 Å². The van der Waals surface area contributed by atoms with Gasteiger partial charge in [0.05, 0.1) is 37.1 Å². The molecule has 3 aromatic carbocycles. The Balaban J connectivity index is 1.56. The van der Waals surface area contributed by atoms with Gasteiger partial charge in [0, 0.05) is 11.3 Å². The Morgan fingerprint density at radius 2 is 1.61 bits per heavy atom. The summed E-state index contributed by atoms with van der Waals surface area (Å²) >= 11 is 0. The molecule has 0 saturated heterocycles. The zero-order valence-electron chi connectivity index (χ0n) is 19.8. The first-order chi connectivity index (χ1) is 17.4. The Kier molecular flexibility index (Phi) is 7.29. The van der Waals surface area contributed by atoms with Crippen LogP contribution in [0.1, 0.15) is 34.1 Å². The van der Waals surface area contributed by atoms with Gasteiger partial charge in [-0.2, -0.15) is 0 Å². The van der Waals surface area contributed by atoms with Gasteiger partial charge in [-0.05, 0) is 67.6 Å². The van der Waals surface area contributed by atoms with Gasteiger partial charge >= 0.3 is 5.97 Å². The van der Waals surface area contributed by atoms with E-state index in [0.717, 1.165) is 0 Å². The van der Waals surface area contributed by atoms with Crippen LogP contribution in [0.25, 0.3) is 0 Å². The second kappa shape index (κ2) is 10.7. The number of nitrogens with zero attached hydrogens (tertiary/aromatic N) is 1. The molecule has 9 heteroatoms. The summed E-state index contributed by atoms with van der Waals surface area (Å²) in [4.78, 5) is 52.6. The number of nitrogens with one attached hydrogen (secondary N) is 2. The molecule has 3 aromatic rings. The van der Waals surface area contributed by atoms with Crippen LogP contribution in [0.3, 0.4) is 0 Å². The molecule has 0 aliphatic carbocycles. The third-order valence-electron chi connectivity index (χ3n) is 5.65. The number of esters is 1. The molecule has 0 bridgehead atoms. The highest BCUT2D eigenvalue weighted by atomic mass is 16.5. The van der Waals surface area contributed by atoms with Crippen molar-refractivity contribution in [2.75, 3.05) is 29.3 Å². The fraction of sp³-hybridized carbons (Fsp3) is 0.185. The van der Waals surface area contributed by atoms with E-state index in [1.165, 1.54) is 24.1 Å². The summed E-state index contributed by atoms with van der Waals surface area (Å²) in [5, 5.41) is 5.50. The molecule has 1 aliphatic heterocycles. The van der Waals surface area contributed by atoms with E-state index in [2.05, 4.69) is 10.6 Å². The number of benzene rings is 3. The van der Waals surface area contributed by atoms with E-state index in [-0.39, 0.29) is 13.0 Å². The quantitative estimate of drug-likeness (QED) is 0.489. The third-order valence-corrected chi connectivity index (χ3v) is 5.65. The Labute approximate surface area is 208 Å². The molecular formula is C27H25N3O6. The van der Waals surface area contributed by atoms with E-state index in [1.54, 1.807) is 67.6 Å². The lowest BCUT2D eigenvalue weighted by Gasteiger charge is -2.36. The van der Waals surface area contributed by atoms with Gasteiger partial charge in [-0.1, -0.05) is 12.1 Å². The number of hydrogen-bond donors (Lipinski definition) is 2. The first-order valence-electron chi connectivity index (χ1n) is 11.4. The first-order valence-corrected chi connectivity index (χ1v) is 11.4. The summed E-state index contributed by atoms with van der Waals surface area (Å²) in [6, 6.07) is 18.6. The van der Waals surface area contributed by atoms with E-state index in [9.17, 15) is 19.2 Å². The largest absolute Gasteiger partial charge is 0.497 e. The molecule has 0 spiro atoms. The zero-order chi connectivity index (χ0) is 25.7. The number of carbonyl (C=O) groups is 4. The van der Waals surface area contributed by atoms with Crippen LogP contribution in [-0.4, -0.2) is 43.4 Å². The van der Waals surface area contributed by atoms with E-state index < -0.39 is 29.7 Å². The van der Waals surface area contributed by atoms with Gasteiger partial charge in [0.2, 0.25) is 11.8 Å². The molecule has 1 atom stereocenters. The van der Waals surface area contributed by atoms with Crippen molar-refractivity contribution >= 4 is 40.8 Å². The third kappa shape index (κ3) is 5.20. The van der Waals surface area contributed by atoms with Crippen LogP contribution >= 0.6 is 0 Å². The van der Waals surface area contributed by atoms with E-state index in [1.807, 2.05) is 0 Å². The van der Waals surface area contributed by atoms with Crippen molar-refractivity contribution in [2.45, 2.75) is 19.4 Å². The van der Waals surface area contributed by atoms with Crippen LogP contribution in [0.2, 0.25) is 0 Å². The maximum absolute atomic E-state index is 13.5. The Hall–Kier alpha value is -4.66. The first kappa shape index (κ1) is 24.5. The minimum Gasteiger partial charge on any atom is -0.497 e. The predicted molar refractivity (Wildman–Crippen MR) is 134 cm³/mol. The minimum atomic E-state index is -1.08. The topological polar surface area (TPSA) is 114 Å². The number of rotatable bonds is 7. The Morgan fingerprint density at radius 3 is 2.28 bits per heavy atom. The van der Waals surface area contributed by atoms with E-state index in [4.69, 9.17) is 9.47 Å². The maximum Gasteiger partial charge on any atom is 0.338 e. The Morgan fingerprint density at radius 1 is 0.944 bits per heavy atom. The monoisotopic (exact) mass is 487 g/mol. The molecule has 0 fully saturated rings. The fourth-order valence-corrected chi connectivity index (χ4v) is 3.89. The normalized spacial score (nSPS) is 14.3. The summed E-state index contributed by atoms with van der Waals surface area (Å²) in [7, 11) is 1.53. The highest BCUT2D eigenvalue weighted by Gasteiger charge is 2.38. The van der Waals surface area contributed by atoms with Crippen LogP contribution in [0, 0.1) is 0 Å². The average molecular weight is 488 g/mol. The standard InChI is InChI=1S/C27H25N3O6/c1-3-36-27(34)18-8-12-19(13-9-18)28-24(31)16-23-25(32)29-21-6-4-5-7-22(21)30(23)26(33)17-10-14-20(35-2)15-11-17/h4-15,23H,3,16H2,1-2H3,(H,28,31)(H,29,32). The molecule has 1 unspecified atom stereocenters. The van der Waals surface area contributed by atoms with Crippen molar-refractivity contribution in [2.24, 2.45) is 0 Å². The molecule has 184 valence electrons. The number of amides is 3. The van der Waals surface area contributed by atoms with E-state index in [0.29, 0.717) is 33.9 Å². The van der Waals surface area contributed by atoms with Gasteiger partial charge < -0.3 is 20.1 Å². The molecule has 0 saturated carbocycles. The molecule has 9 nitrogen and oxygen atoms in total. The predicted octanol–water partition coefficient (Wildman–Crippen LogP) is 3.87. The van der Waals surface area contributed by atoms with Crippen LogP contribution in [-0.2, 0) is 14.3 Å². The number of fused-ring (bicyclic) bond motifs is 1. The number of para-hydroxylation sites is 2. The van der Waals surface area contributed by atoms with Gasteiger partial charge in [0.1, 0.15) is 11.8 Å². The van der Waals surface area contributed by atoms with Gasteiger partial charge in [-0.15, -0.1) is 0 Å². The molecule has 4 rings (SSSR count).